The Morgan fingerprint density at radius 2 is 1.95 bits per heavy atom. The summed E-state index contributed by atoms with van der Waals surface area (Å²) in [5.41, 5.74) is 7.14. The number of ether oxygens (including phenoxy) is 1. The summed E-state index contributed by atoms with van der Waals surface area (Å²) in [6.45, 7) is 0.488. The van der Waals surface area contributed by atoms with Crippen molar-refractivity contribution in [1.29, 1.82) is 0 Å². The molecule has 0 saturated heterocycles. The van der Waals surface area contributed by atoms with Crippen molar-refractivity contribution in [3.8, 4) is 11.4 Å². The van der Waals surface area contributed by atoms with Crippen molar-refractivity contribution >= 4 is 17.6 Å². The van der Waals surface area contributed by atoms with Gasteiger partial charge in [0.25, 0.3) is 5.91 Å². The zero-order valence-corrected chi connectivity index (χ0v) is 21.0. The number of benzene rings is 1. The van der Waals surface area contributed by atoms with Gasteiger partial charge in [0, 0.05) is 32.1 Å². The number of unbranched alkanes of at least 4 members (excludes halogenated alkanes) is 1. The van der Waals surface area contributed by atoms with E-state index in [0.29, 0.717) is 24.3 Å². The molecule has 2 aromatic heterocycles. The molecule has 12 nitrogen and oxygen atoms in total. The fraction of sp³-hybridized carbons (Fsp3) is 0.292. The second-order valence-electron chi connectivity index (χ2n) is 8.31. The number of imidazole rings is 1. The number of hydrogen-bond donors (Lipinski definition) is 4. The lowest BCUT2D eigenvalue weighted by molar-refractivity contribution is -0.274. The maximum absolute atomic E-state index is 12.5. The summed E-state index contributed by atoms with van der Waals surface area (Å²) in [6, 6.07) is 8.78. The third-order valence-electron chi connectivity index (χ3n) is 5.21. The smallest absolute Gasteiger partial charge is 0.406 e. The number of rotatable bonds is 12. The predicted octanol–water partition coefficient (Wildman–Crippen LogP) is 1.79. The van der Waals surface area contributed by atoms with Gasteiger partial charge in [0.1, 0.15) is 11.4 Å². The molecule has 0 spiro atoms. The molecule has 0 bridgehead atoms. The monoisotopic (exact) mass is 547 g/mol. The third kappa shape index (κ3) is 9.62. The number of nitrogens with two attached hydrogens (primary N) is 2. The molecular weight excluding hydrogens is 519 g/mol. The van der Waals surface area contributed by atoms with Gasteiger partial charge in [-0.2, -0.15) is 5.10 Å². The number of likely N-dealkylation sites (N-methyl/N-ethyl adjacent to an activating group) is 1. The quantitative estimate of drug-likeness (QED) is 0.114. The first-order valence-electron chi connectivity index (χ1n) is 11.7. The van der Waals surface area contributed by atoms with Gasteiger partial charge in [-0.1, -0.05) is 6.07 Å². The maximum Gasteiger partial charge on any atom is 0.573 e. The van der Waals surface area contributed by atoms with Crippen molar-refractivity contribution in [3.63, 3.8) is 0 Å². The molecule has 0 atom stereocenters. The number of hydrazine groups is 1. The summed E-state index contributed by atoms with van der Waals surface area (Å²) in [5, 5.41) is 14.5. The number of aromatic nitrogens is 4. The number of amides is 2. The lowest BCUT2D eigenvalue weighted by Gasteiger charge is -2.14. The van der Waals surface area contributed by atoms with Gasteiger partial charge in [-0.05, 0) is 43.5 Å². The SMILES string of the molecule is CNC(=O)/C(N)=C/N(N)CCCCc1ccc(NC(=O)Cc2cn(-c3cccc(OC(F)(F)F)c3)cn2)nn1. The maximum atomic E-state index is 12.5. The van der Waals surface area contributed by atoms with Crippen LogP contribution in [-0.4, -0.2) is 56.5 Å². The van der Waals surface area contributed by atoms with Crippen molar-refractivity contribution in [1.82, 2.24) is 30.1 Å². The Balaban J connectivity index is 1.44. The first kappa shape index (κ1) is 28.9. The van der Waals surface area contributed by atoms with Gasteiger partial charge < -0.3 is 30.7 Å². The van der Waals surface area contributed by atoms with E-state index in [2.05, 4.69) is 30.6 Å². The molecular formula is C24H28F3N9O3. The third-order valence-corrected chi connectivity index (χ3v) is 5.21. The molecule has 15 heteroatoms. The Labute approximate surface area is 221 Å². The summed E-state index contributed by atoms with van der Waals surface area (Å²) in [4.78, 5) is 27.9. The van der Waals surface area contributed by atoms with Crippen LogP contribution in [0.5, 0.6) is 5.75 Å². The highest BCUT2D eigenvalue weighted by Crippen LogP contribution is 2.24. The largest absolute Gasteiger partial charge is 0.573 e. The molecule has 6 N–H and O–H groups in total. The molecule has 39 heavy (non-hydrogen) atoms. The van der Waals surface area contributed by atoms with E-state index in [4.69, 9.17) is 11.6 Å². The number of nitrogens with zero attached hydrogens (tertiary/aromatic N) is 5. The Hall–Kier alpha value is -4.66. The minimum atomic E-state index is -4.80. The average Bonchev–Trinajstić information content (AvgIpc) is 3.34. The summed E-state index contributed by atoms with van der Waals surface area (Å²) in [6.07, 6.45) is 1.53. The van der Waals surface area contributed by atoms with Gasteiger partial charge in [0.2, 0.25) is 5.91 Å². The Kier molecular flexibility index (Phi) is 9.80. The van der Waals surface area contributed by atoms with E-state index in [-0.39, 0.29) is 29.6 Å². The van der Waals surface area contributed by atoms with E-state index in [0.717, 1.165) is 18.5 Å². The number of nitrogens with one attached hydrogen (secondary N) is 2. The molecule has 208 valence electrons. The van der Waals surface area contributed by atoms with E-state index in [9.17, 15) is 22.8 Å². The van der Waals surface area contributed by atoms with Crippen molar-refractivity contribution in [3.05, 3.63) is 72.2 Å². The van der Waals surface area contributed by atoms with Crippen LogP contribution in [0.4, 0.5) is 19.0 Å². The zero-order valence-electron chi connectivity index (χ0n) is 21.0. The van der Waals surface area contributed by atoms with Crippen LogP contribution in [0.2, 0.25) is 0 Å². The van der Waals surface area contributed by atoms with Crippen LogP contribution in [-0.2, 0) is 22.4 Å². The lowest BCUT2D eigenvalue weighted by Crippen LogP contribution is -2.32. The van der Waals surface area contributed by atoms with Crippen LogP contribution in [0.3, 0.4) is 0 Å². The minimum absolute atomic E-state index is 0.0154. The zero-order chi connectivity index (χ0) is 28.4. The molecule has 0 saturated carbocycles. The van der Waals surface area contributed by atoms with Crippen molar-refractivity contribution in [2.75, 3.05) is 18.9 Å². The molecule has 1 aromatic carbocycles. The van der Waals surface area contributed by atoms with Crippen LogP contribution in [0.1, 0.15) is 24.2 Å². The summed E-state index contributed by atoms with van der Waals surface area (Å²) in [5.74, 6) is 4.91. The Morgan fingerprint density at radius 1 is 1.15 bits per heavy atom. The second-order valence-corrected chi connectivity index (χ2v) is 8.31. The number of carbonyl (C=O) groups is 2. The van der Waals surface area contributed by atoms with Gasteiger partial charge in [0.05, 0.1) is 29.8 Å². The normalized spacial score (nSPS) is 11.7. The van der Waals surface area contributed by atoms with Crippen LogP contribution < -0.4 is 26.9 Å². The first-order valence-corrected chi connectivity index (χ1v) is 11.7. The number of carbonyl (C=O) groups excluding carboxylic acids is 2. The number of halogens is 3. The number of aryl methyl sites for hydroxylation is 1. The molecule has 0 aliphatic rings. The van der Waals surface area contributed by atoms with Crippen molar-refractivity contribution in [2.24, 2.45) is 11.6 Å². The van der Waals surface area contributed by atoms with E-state index in [1.54, 1.807) is 18.2 Å². The van der Waals surface area contributed by atoms with Gasteiger partial charge >= 0.3 is 6.36 Å². The van der Waals surface area contributed by atoms with Crippen molar-refractivity contribution in [2.45, 2.75) is 32.0 Å². The summed E-state index contributed by atoms with van der Waals surface area (Å²) < 4.78 is 42.8. The number of alkyl halides is 3. The van der Waals surface area contributed by atoms with Crippen LogP contribution in [0.25, 0.3) is 5.69 Å². The molecule has 0 unspecified atom stereocenters. The average molecular weight is 548 g/mol. The summed E-state index contributed by atoms with van der Waals surface area (Å²) >= 11 is 0. The van der Waals surface area contributed by atoms with Gasteiger partial charge in [-0.15, -0.1) is 18.3 Å². The Morgan fingerprint density at radius 3 is 2.64 bits per heavy atom. The van der Waals surface area contributed by atoms with Crippen LogP contribution in [0, 0.1) is 0 Å². The number of anilines is 1. The van der Waals surface area contributed by atoms with Gasteiger partial charge in [-0.25, -0.2) is 10.8 Å². The highest BCUT2D eigenvalue weighted by atomic mass is 19.4. The van der Waals surface area contributed by atoms with Crippen LogP contribution in [0.15, 0.2) is 60.8 Å². The fourth-order valence-corrected chi connectivity index (χ4v) is 3.40. The summed E-state index contributed by atoms with van der Waals surface area (Å²) in [7, 11) is 1.48. The highest BCUT2D eigenvalue weighted by Gasteiger charge is 2.31. The van der Waals surface area contributed by atoms with E-state index >= 15 is 0 Å². The molecule has 2 heterocycles. The predicted molar refractivity (Wildman–Crippen MR) is 135 cm³/mol. The molecule has 0 radical (unpaired) electrons. The number of hydrogen-bond acceptors (Lipinski definition) is 9. The highest BCUT2D eigenvalue weighted by molar-refractivity contribution is 5.92. The van der Waals surface area contributed by atoms with Crippen molar-refractivity contribution < 1.29 is 27.5 Å². The van der Waals surface area contributed by atoms with Gasteiger partial charge in [-0.3, -0.25) is 9.59 Å². The molecule has 0 fully saturated rings. The fourth-order valence-electron chi connectivity index (χ4n) is 3.40. The molecule has 2 amide bonds. The molecule has 0 aliphatic carbocycles. The molecule has 0 aliphatic heterocycles. The Bertz CT molecular complexity index is 1290. The van der Waals surface area contributed by atoms with Crippen LogP contribution >= 0.6 is 0 Å². The topological polar surface area (TPSA) is 166 Å². The lowest BCUT2D eigenvalue weighted by atomic mass is 10.2. The van der Waals surface area contributed by atoms with E-state index < -0.39 is 12.3 Å². The van der Waals surface area contributed by atoms with Gasteiger partial charge in [0.15, 0.2) is 5.82 Å². The van der Waals surface area contributed by atoms with E-state index in [1.165, 1.54) is 53.5 Å². The minimum Gasteiger partial charge on any atom is -0.406 e. The molecule has 3 aromatic rings. The second kappa shape index (κ2) is 13.2. The first-order chi connectivity index (χ1) is 18.5. The van der Waals surface area contributed by atoms with E-state index in [1.807, 2.05) is 0 Å². The molecule has 3 rings (SSSR count). The standard InChI is InChI=1S/C24H28F3N9O3/c1-30-23(38)20(28)14-36(29)10-3-2-5-16-8-9-21(34-33-16)32-22(37)11-17-13-35(15-31-17)18-6-4-7-19(12-18)39-24(25,26)27/h4,6-9,12-15H,2-3,5,10-11,28-29H2,1H3,(H,30,38)(H,32,34,37)/b20-14-.